The zero-order valence-electron chi connectivity index (χ0n) is 13.7. The molecule has 0 saturated heterocycles. The summed E-state index contributed by atoms with van der Waals surface area (Å²) in [5.74, 6) is 0.871. The molecule has 0 spiro atoms. The van der Waals surface area contributed by atoms with Gasteiger partial charge in [-0.1, -0.05) is 37.3 Å². The van der Waals surface area contributed by atoms with Crippen molar-refractivity contribution in [1.29, 1.82) is 0 Å². The Morgan fingerprint density at radius 2 is 1.81 bits per heavy atom. The van der Waals surface area contributed by atoms with Crippen molar-refractivity contribution >= 4 is 0 Å². The van der Waals surface area contributed by atoms with Gasteiger partial charge in [0.2, 0.25) is 0 Å². The second-order valence-electron chi connectivity index (χ2n) is 6.69. The highest BCUT2D eigenvalue weighted by molar-refractivity contribution is 5.25. The van der Waals surface area contributed by atoms with Crippen molar-refractivity contribution in [1.82, 2.24) is 10.2 Å². The summed E-state index contributed by atoms with van der Waals surface area (Å²) in [6.45, 7) is 3.30. The number of nitrogens with one attached hydrogen (secondary N) is 1. The summed E-state index contributed by atoms with van der Waals surface area (Å²) in [4.78, 5) is 2.44. The van der Waals surface area contributed by atoms with Crippen LogP contribution in [0.3, 0.4) is 0 Å². The van der Waals surface area contributed by atoms with Gasteiger partial charge in [-0.15, -0.1) is 0 Å². The second kappa shape index (κ2) is 7.39. The predicted molar refractivity (Wildman–Crippen MR) is 88.3 cm³/mol. The van der Waals surface area contributed by atoms with Gasteiger partial charge in [0.1, 0.15) is 0 Å². The number of hydrogen-bond acceptors (Lipinski definition) is 3. The molecule has 21 heavy (non-hydrogen) atoms. The summed E-state index contributed by atoms with van der Waals surface area (Å²) >= 11 is 0. The molecule has 0 radical (unpaired) electrons. The van der Waals surface area contributed by atoms with Gasteiger partial charge in [0, 0.05) is 12.6 Å². The third-order valence-corrected chi connectivity index (χ3v) is 5.20. The number of nitrogens with zero attached hydrogens (tertiary/aromatic N) is 1. The van der Waals surface area contributed by atoms with Crippen LogP contribution in [0.2, 0.25) is 0 Å². The van der Waals surface area contributed by atoms with E-state index in [0.29, 0.717) is 6.04 Å². The van der Waals surface area contributed by atoms with Gasteiger partial charge in [0.05, 0.1) is 12.1 Å². The van der Waals surface area contributed by atoms with Crippen LogP contribution in [0, 0.1) is 5.92 Å². The van der Waals surface area contributed by atoms with Crippen molar-refractivity contribution in [2.45, 2.75) is 44.2 Å². The van der Waals surface area contributed by atoms with Crippen LogP contribution in [-0.4, -0.2) is 43.3 Å². The number of hydrogen-bond donors (Lipinski definition) is 2. The Morgan fingerprint density at radius 1 is 1.19 bits per heavy atom. The van der Waals surface area contributed by atoms with Crippen LogP contribution in [0.1, 0.15) is 38.2 Å². The van der Waals surface area contributed by atoms with Crippen molar-refractivity contribution in [3.63, 3.8) is 0 Å². The van der Waals surface area contributed by atoms with Gasteiger partial charge in [-0.3, -0.25) is 0 Å². The Labute approximate surface area is 129 Å². The second-order valence-corrected chi connectivity index (χ2v) is 6.69. The molecule has 1 saturated carbocycles. The van der Waals surface area contributed by atoms with E-state index in [1.807, 2.05) is 25.2 Å². The highest BCUT2D eigenvalue weighted by atomic mass is 16.3. The Kier molecular flexibility index (Phi) is 5.80. The fourth-order valence-electron chi connectivity index (χ4n) is 3.53. The van der Waals surface area contributed by atoms with E-state index in [-0.39, 0.29) is 12.1 Å². The number of likely N-dealkylation sites (N-methyl/N-ethyl adjacent to an activating group) is 2. The molecule has 3 heteroatoms. The first kappa shape index (κ1) is 16.5. The molecule has 2 rings (SSSR count). The van der Waals surface area contributed by atoms with Gasteiger partial charge in [-0.25, -0.2) is 0 Å². The van der Waals surface area contributed by atoms with E-state index < -0.39 is 0 Å². The molecule has 0 aromatic heterocycles. The van der Waals surface area contributed by atoms with Gasteiger partial charge in [0.25, 0.3) is 0 Å². The van der Waals surface area contributed by atoms with Crippen LogP contribution in [0.4, 0.5) is 0 Å². The number of benzene rings is 1. The number of aliphatic hydroxyl groups is 1. The maximum Gasteiger partial charge on any atom is 0.0795 e. The highest BCUT2D eigenvalue weighted by Gasteiger charge is 2.33. The molecule has 0 amide bonds. The molecule has 1 unspecified atom stereocenters. The topological polar surface area (TPSA) is 35.5 Å². The van der Waals surface area contributed by atoms with Crippen LogP contribution in [0.25, 0.3) is 0 Å². The monoisotopic (exact) mass is 290 g/mol. The van der Waals surface area contributed by atoms with Crippen LogP contribution in [0.15, 0.2) is 30.3 Å². The lowest BCUT2D eigenvalue weighted by molar-refractivity contribution is 0.0863. The van der Waals surface area contributed by atoms with E-state index in [1.165, 1.54) is 25.7 Å². The lowest BCUT2D eigenvalue weighted by Gasteiger charge is -2.41. The molecular formula is C18H30N2O. The summed E-state index contributed by atoms with van der Waals surface area (Å²) in [6, 6.07) is 10.9. The molecule has 1 aromatic rings. The summed E-state index contributed by atoms with van der Waals surface area (Å²) in [5, 5.41) is 13.4. The first-order valence-corrected chi connectivity index (χ1v) is 8.17. The smallest absolute Gasteiger partial charge is 0.0795 e. The zero-order chi connectivity index (χ0) is 15.3. The SMILES string of the molecule is CNC(CO)(CN(C)C1CCC(C)CC1)c1ccccc1. The molecule has 0 bridgehead atoms. The van der Waals surface area contributed by atoms with Gasteiger partial charge < -0.3 is 15.3 Å². The molecular weight excluding hydrogens is 260 g/mol. The first-order chi connectivity index (χ1) is 10.1. The maximum atomic E-state index is 10.0. The fourth-order valence-corrected chi connectivity index (χ4v) is 3.53. The molecule has 0 aliphatic heterocycles. The standard InChI is InChI=1S/C18H30N2O/c1-15-9-11-17(12-10-15)20(3)13-18(14-21,19-2)16-7-5-4-6-8-16/h4-8,15,17,19,21H,9-14H2,1-3H3. The molecule has 0 heterocycles. The van der Waals surface area contributed by atoms with Crippen molar-refractivity contribution in [3.8, 4) is 0 Å². The minimum atomic E-state index is -0.376. The molecule has 1 fully saturated rings. The van der Waals surface area contributed by atoms with Crippen molar-refractivity contribution in [2.75, 3.05) is 27.2 Å². The Hall–Kier alpha value is -0.900. The lowest BCUT2D eigenvalue weighted by atomic mass is 9.85. The first-order valence-electron chi connectivity index (χ1n) is 8.17. The average Bonchev–Trinajstić information content (AvgIpc) is 2.54. The van der Waals surface area contributed by atoms with E-state index in [0.717, 1.165) is 18.0 Å². The largest absolute Gasteiger partial charge is 0.394 e. The Balaban J connectivity index is 2.09. The highest BCUT2D eigenvalue weighted by Crippen LogP contribution is 2.29. The van der Waals surface area contributed by atoms with Gasteiger partial charge >= 0.3 is 0 Å². The molecule has 2 N–H and O–H groups in total. The molecule has 1 atom stereocenters. The minimum absolute atomic E-state index is 0.112. The maximum absolute atomic E-state index is 10.0. The van der Waals surface area contributed by atoms with Crippen LogP contribution >= 0.6 is 0 Å². The van der Waals surface area contributed by atoms with E-state index >= 15 is 0 Å². The van der Waals surface area contributed by atoms with Gasteiger partial charge in [0.15, 0.2) is 0 Å². The van der Waals surface area contributed by atoms with E-state index in [1.54, 1.807) is 0 Å². The zero-order valence-corrected chi connectivity index (χ0v) is 13.7. The normalized spacial score (nSPS) is 25.8. The summed E-state index contributed by atoms with van der Waals surface area (Å²) in [5.41, 5.74) is 0.782. The molecule has 1 aliphatic rings. The summed E-state index contributed by atoms with van der Waals surface area (Å²) in [6.07, 6.45) is 5.20. The van der Waals surface area contributed by atoms with Crippen molar-refractivity contribution < 1.29 is 5.11 Å². The van der Waals surface area contributed by atoms with Crippen LogP contribution in [0.5, 0.6) is 0 Å². The third kappa shape index (κ3) is 3.85. The molecule has 1 aromatic carbocycles. The van der Waals surface area contributed by atoms with E-state index in [9.17, 15) is 5.11 Å². The van der Waals surface area contributed by atoms with Crippen LogP contribution < -0.4 is 5.32 Å². The minimum Gasteiger partial charge on any atom is -0.394 e. The average molecular weight is 290 g/mol. The molecule has 1 aliphatic carbocycles. The Morgan fingerprint density at radius 3 is 2.33 bits per heavy atom. The summed E-state index contributed by atoms with van der Waals surface area (Å²) in [7, 11) is 4.14. The van der Waals surface area contributed by atoms with E-state index in [2.05, 4.69) is 36.3 Å². The number of rotatable bonds is 6. The van der Waals surface area contributed by atoms with Crippen molar-refractivity contribution in [3.05, 3.63) is 35.9 Å². The molecule has 3 nitrogen and oxygen atoms in total. The third-order valence-electron chi connectivity index (χ3n) is 5.20. The number of aliphatic hydroxyl groups excluding tert-OH is 1. The molecule has 118 valence electrons. The van der Waals surface area contributed by atoms with Gasteiger partial charge in [-0.05, 0) is 51.3 Å². The quantitative estimate of drug-likeness (QED) is 0.845. The lowest BCUT2D eigenvalue weighted by Crippen LogP contribution is -2.53. The fraction of sp³-hybridized carbons (Fsp3) is 0.667. The summed E-state index contributed by atoms with van der Waals surface area (Å²) < 4.78 is 0. The van der Waals surface area contributed by atoms with Gasteiger partial charge in [-0.2, -0.15) is 0 Å². The van der Waals surface area contributed by atoms with Crippen LogP contribution in [-0.2, 0) is 5.54 Å². The Bertz CT molecular complexity index is 408. The van der Waals surface area contributed by atoms with E-state index in [4.69, 9.17) is 0 Å². The predicted octanol–water partition coefficient (Wildman–Crippen LogP) is 2.60. The van der Waals surface area contributed by atoms with Crippen molar-refractivity contribution in [2.24, 2.45) is 5.92 Å².